The standard InChI is InChI=1S/C21H27F3N2O3/c22-21(23,24)17-9-4-8-16(12-17)18(27)25-20(19(28)29)10-5-11-26(14-20)13-15-6-2-1-3-7-15/h1-3,6-7,16-17H,4-5,8-14H2,(H,25,27)(H,28,29). The lowest BCUT2D eigenvalue weighted by Crippen LogP contribution is -2.64. The number of hydrogen-bond donors (Lipinski definition) is 2. The van der Waals surface area contributed by atoms with E-state index < -0.39 is 35.4 Å². The van der Waals surface area contributed by atoms with Crippen LogP contribution in [0.15, 0.2) is 30.3 Å². The van der Waals surface area contributed by atoms with Crippen molar-refractivity contribution in [2.45, 2.75) is 56.8 Å². The summed E-state index contributed by atoms with van der Waals surface area (Å²) in [7, 11) is 0. The number of aliphatic carboxylic acids is 1. The summed E-state index contributed by atoms with van der Waals surface area (Å²) in [6.45, 7) is 1.41. The van der Waals surface area contributed by atoms with E-state index >= 15 is 0 Å². The van der Waals surface area contributed by atoms with Gasteiger partial charge in [-0.1, -0.05) is 36.8 Å². The smallest absolute Gasteiger partial charge is 0.391 e. The van der Waals surface area contributed by atoms with Gasteiger partial charge in [0.15, 0.2) is 5.54 Å². The van der Waals surface area contributed by atoms with E-state index in [0.717, 1.165) is 5.56 Å². The van der Waals surface area contributed by atoms with Crippen molar-refractivity contribution in [3.63, 3.8) is 0 Å². The van der Waals surface area contributed by atoms with Crippen LogP contribution >= 0.6 is 0 Å². The van der Waals surface area contributed by atoms with E-state index in [9.17, 15) is 27.9 Å². The zero-order valence-electron chi connectivity index (χ0n) is 16.3. The van der Waals surface area contributed by atoms with Gasteiger partial charge >= 0.3 is 12.1 Å². The average Bonchev–Trinajstić information content (AvgIpc) is 2.68. The highest BCUT2D eigenvalue weighted by Gasteiger charge is 2.47. The molecular weight excluding hydrogens is 385 g/mol. The van der Waals surface area contributed by atoms with Gasteiger partial charge in [0.25, 0.3) is 0 Å². The van der Waals surface area contributed by atoms with Crippen LogP contribution in [-0.4, -0.2) is 46.7 Å². The predicted octanol–water partition coefficient (Wildman–Crippen LogP) is 3.59. The summed E-state index contributed by atoms with van der Waals surface area (Å²) in [4.78, 5) is 26.8. The number of alkyl halides is 3. The van der Waals surface area contributed by atoms with Gasteiger partial charge in [-0.25, -0.2) is 4.79 Å². The fourth-order valence-corrected chi connectivity index (χ4v) is 4.51. The maximum atomic E-state index is 13.1. The molecule has 0 aromatic heterocycles. The fourth-order valence-electron chi connectivity index (χ4n) is 4.51. The minimum atomic E-state index is -4.32. The van der Waals surface area contributed by atoms with Crippen molar-refractivity contribution in [1.82, 2.24) is 10.2 Å². The number of carboxylic acids is 1. The quantitative estimate of drug-likeness (QED) is 0.776. The van der Waals surface area contributed by atoms with Crippen LogP contribution in [0.25, 0.3) is 0 Å². The molecule has 1 saturated carbocycles. The van der Waals surface area contributed by atoms with Gasteiger partial charge in [-0.2, -0.15) is 13.2 Å². The second-order valence-electron chi connectivity index (χ2n) is 8.28. The molecule has 1 aromatic carbocycles. The molecule has 1 aliphatic heterocycles. The maximum Gasteiger partial charge on any atom is 0.391 e. The third-order valence-corrected chi connectivity index (χ3v) is 6.10. The highest BCUT2D eigenvalue weighted by molar-refractivity contribution is 5.88. The topological polar surface area (TPSA) is 69.6 Å². The third kappa shape index (κ3) is 5.29. The Balaban J connectivity index is 1.68. The fraction of sp³-hybridized carbons (Fsp3) is 0.619. The Kier molecular flexibility index (Phi) is 6.51. The number of amides is 1. The third-order valence-electron chi connectivity index (χ3n) is 6.10. The summed E-state index contributed by atoms with van der Waals surface area (Å²) < 4.78 is 39.2. The summed E-state index contributed by atoms with van der Waals surface area (Å²) >= 11 is 0. The minimum absolute atomic E-state index is 0.0300. The molecule has 3 unspecified atom stereocenters. The molecule has 160 valence electrons. The summed E-state index contributed by atoms with van der Waals surface area (Å²) in [6.07, 6.45) is -3.00. The van der Waals surface area contributed by atoms with E-state index in [1.54, 1.807) is 0 Å². The van der Waals surface area contributed by atoms with Crippen molar-refractivity contribution in [1.29, 1.82) is 0 Å². The van der Waals surface area contributed by atoms with Crippen molar-refractivity contribution >= 4 is 11.9 Å². The van der Waals surface area contributed by atoms with Gasteiger partial charge in [-0.3, -0.25) is 9.69 Å². The number of hydrogen-bond acceptors (Lipinski definition) is 3. The number of likely N-dealkylation sites (tertiary alicyclic amines) is 1. The van der Waals surface area contributed by atoms with Crippen LogP contribution < -0.4 is 5.32 Å². The molecule has 1 amide bonds. The van der Waals surface area contributed by atoms with Gasteiger partial charge in [-0.05, 0) is 44.2 Å². The van der Waals surface area contributed by atoms with Gasteiger partial charge in [0.05, 0.1) is 5.92 Å². The Morgan fingerprint density at radius 3 is 2.55 bits per heavy atom. The molecule has 1 aliphatic carbocycles. The zero-order chi connectivity index (χ0) is 21.1. The Labute approximate surface area is 168 Å². The van der Waals surface area contributed by atoms with E-state index in [1.165, 1.54) is 0 Å². The highest BCUT2D eigenvalue weighted by Crippen LogP contribution is 2.40. The number of nitrogens with one attached hydrogen (secondary N) is 1. The number of carbonyl (C=O) groups excluding carboxylic acids is 1. The van der Waals surface area contributed by atoms with Crippen molar-refractivity contribution in [3.05, 3.63) is 35.9 Å². The lowest BCUT2D eigenvalue weighted by atomic mass is 9.79. The Morgan fingerprint density at radius 2 is 1.90 bits per heavy atom. The molecule has 1 saturated heterocycles. The summed E-state index contributed by atoms with van der Waals surface area (Å²) in [5, 5.41) is 12.5. The average molecular weight is 412 g/mol. The van der Waals surface area contributed by atoms with Crippen LogP contribution in [0.5, 0.6) is 0 Å². The van der Waals surface area contributed by atoms with E-state index in [0.29, 0.717) is 32.4 Å². The lowest BCUT2D eigenvalue weighted by molar-refractivity contribution is -0.186. The first-order chi connectivity index (χ1) is 13.7. The molecule has 1 heterocycles. The summed E-state index contributed by atoms with van der Waals surface area (Å²) in [6, 6.07) is 9.63. The molecular formula is C21H27F3N2O3. The number of nitrogens with zero attached hydrogens (tertiary/aromatic N) is 1. The minimum Gasteiger partial charge on any atom is -0.479 e. The second kappa shape index (κ2) is 8.73. The first-order valence-electron chi connectivity index (χ1n) is 10.1. The van der Waals surface area contributed by atoms with Crippen molar-refractivity contribution in [2.75, 3.05) is 13.1 Å². The summed E-state index contributed by atoms with van der Waals surface area (Å²) in [5.41, 5.74) is -0.421. The molecule has 29 heavy (non-hydrogen) atoms. The zero-order valence-corrected chi connectivity index (χ0v) is 16.3. The van der Waals surface area contributed by atoms with Crippen LogP contribution in [0.2, 0.25) is 0 Å². The van der Waals surface area contributed by atoms with Crippen LogP contribution in [-0.2, 0) is 16.1 Å². The molecule has 2 aliphatic rings. The Hall–Kier alpha value is -2.09. The van der Waals surface area contributed by atoms with Gasteiger partial charge in [0.1, 0.15) is 0 Å². The SMILES string of the molecule is O=C(NC1(C(=O)O)CCCN(Cc2ccccc2)C1)C1CCCC(C(F)(F)F)C1. The number of carbonyl (C=O) groups is 2. The predicted molar refractivity (Wildman–Crippen MR) is 101 cm³/mol. The number of rotatable bonds is 5. The largest absolute Gasteiger partial charge is 0.479 e. The molecule has 1 aromatic rings. The van der Waals surface area contributed by atoms with Crippen molar-refractivity contribution in [2.24, 2.45) is 11.8 Å². The molecule has 5 nitrogen and oxygen atoms in total. The number of halogens is 3. The van der Waals surface area contributed by atoms with E-state index in [4.69, 9.17) is 0 Å². The maximum absolute atomic E-state index is 13.1. The molecule has 3 rings (SSSR count). The van der Waals surface area contributed by atoms with Crippen LogP contribution in [0.4, 0.5) is 13.2 Å². The molecule has 8 heteroatoms. The number of carboxylic acid groups (broad SMARTS) is 1. The first kappa shape index (κ1) is 21.6. The van der Waals surface area contributed by atoms with E-state index in [-0.39, 0.29) is 25.8 Å². The van der Waals surface area contributed by atoms with Crippen molar-refractivity contribution in [3.8, 4) is 0 Å². The second-order valence-corrected chi connectivity index (χ2v) is 8.28. The molecule has 0 radical (unpaired) electrons. The van der Waals surface area contributed by atoms with Crippen LogP contribution in [0, 0.1) is 11.8 Å². The molecule has 2 fully saturated rings. The van der Waals surface area contributed by atoms with Gasteiger partial charge in [-0.15, -0.1) is 0 Å². The monoisotopic (exact) mass is 412 g/mol. The first-order valence-corrected chi connectivity index (χ1v) is 10.1. The Bertz CT molecular complexity index is 726. The normalized spacial score (nSPS) is 28.7. The lowest BCUT2D eigenvalue weighted by Gasteiger charge is -2.41. The Morgan fingerprint density at radius 1 is 1.17 bits per heavy atom. The number of benzene rings is 1. The molecule has 3 atom stereocenters. The van der Waals surface area contributed by atoms with Crippen LogP contribution in [0.1, 0.15) is 44.1 Å². The van der Waals surface area contributed by atoms with E-state index in [2.05, 4.69) is 5.32 Å². The molecule has 2 N–H and O–H groups in total. The summed E-state index contributed by atoms with van der Waals surface area (Å²) in [5.74, 6) is -3.99. The van der Waals surface area contributed by atoms with Crippen molar-refractivity contribution < 1.29 is 27.9 Å². The molecule has 0 bridgehead atoms. The van der Waals surface area contributed by atoms with Gasteiger partial charge in [0.2, 0.25) is 5.91 Å². The van der Waals surface area contributed by atoms with Gasteiger partial charge < -0.3 is 10.4 Å². The van der Waals surface area contributed by atoms with E-state index in [1.807, 2.05) is 35.2 Å². The molecule has 0 spiro atoms. The van der Waals surface area contributed by atoms with Crippen LogP contribution in [0.3, 0.4) is 0 Å². The van der Waals surface area contributed by atoms with Gasteiger partial charge in [0, 0.05) is 19.0 Å². The number of piperidine rings is 1. The highest BCUT2D eigenvalue weighted by atomic mass is 19.4.